The number of hydrogen-bond acceptors (Lipinski definition) is 3. The van der Waals surface area contributed by atoms with Gasteiger partial charge in [0.25, 0.3) is 0 Å². The molecule has 0 saturated heterocycles. The van der Waals surface area contributed by atoms with Gasteiger partial charge in [0.2, 0.25) is 5.91 Å². The van der Waals surface area contributed by atoms with Gasteiger partial charge in [0, 0.05) is 23.5 Å². The number of para-hydroxylation sites is 1. The first-order valence-electron chi connectivity index (χ1n) is 10.2. The number of carbonyl (C=O) groups excluding carboxylic acids is 1. The van der Waals surface area contributed by atoms with Crippen LogP contribution in [0.15, 0.2) is 30.3 Å². The van der Waals surface area contributed by atoms with Crippen molar-refractivity contribution in [3.8, 4) is 5.69 Å². The van der Waals surface area contributed by atoms with E-state index in [0.717, 1.165) is 47.4 Å². The first kappa shape index (κ1) is 18.7. The highest BCUT2D eigenvalue weighted by Crippen LogP contribution is 2.28. The smallest absolute Gasteiger partial charge is 0.220 e. The van der Waals surface area contributed by atoms with E-state index in [-0.39, 0.29) is 5.91 Å². The third kappa shape index (κ3) is 3.53. The second-order valence-electron chi connectivity index (χ2n) is 7.88. The minimum Gasteiger partial charge on any atom is -0.353 e. The molecule has 1 amide bonds. The third-order valence-corrected chi connectivity index (χ3v) is 5.90. The summed E-state index contributed by atoms with van der Waals surface area (Å²) in [5.41, 5.74) is 6.21. The molecule has 1 fully saturated rings. The molecule has 0 spiro atoms. The molecular weight excluding hydrogens is 348 g/mol. The second-order valence-corrected chi connectivity index (χ2v) is 7.88. The second kappa shape index (κ2) is 7.74. The van der Waals surface area contributed by atoms with Crippen LogP contribution in [0.3, 0.4) is 0 Å². The summed E-state index contributed by atoms with van der Waals surface area (Å²) in [5.74, 6) is 0.155. The monoisotopic (exact) mass is 376 g/mol. The van der Waals surface area contributed by atoms with E-state index in [1.807, 2.05) is 48.9 Å². The van der Waals surface area contributed by atoms with Crippen LogP contribution in [0.2, 0.25) is 0 Å². The molecule has 1 aromatic carbocycles. The fourth-order valence-electron chi connectivity index (χ4n) is 4.43. The fourth-order valence-corrected chi connectivity index (χ4v) is 4.43. The number of carbonyl (C=O) groups is 1. The lowest BCUT2D eigenvalue weighted by atomic mass is 9.99. The lowest BCUT2D eigenvalue weighted by molar-refractivity contribution is -0.121. The molecule has 1 N–H and O–H groups in total. The summed E-state index contributed by atoms with van der Waals surface area (Å²) >= 11 is 0. The van der Waals surface area contributed by atoms with Gasteiger partial charge in [0.1, 0.15) is 0 Å². The molecule has 28 heavy (non-hydrogen) atoms. The van der Waals surface area contributed by atoms with Gasteiger partial charge in [0.15, 0.2) is 5.65 Å². The Hall–Kier alpha value is -2.69. The standard InChI is InChI=1S/C23H28N4O/c1-15-20(13-14-21(28)25-18-9-7-8-10-18)16(2)24-23-22(15)17(3)26-27(23)19-11-5-4-6-12-19/h4-6,11-12,18H,7-10,13-14H2,1-3H3,(H,25,28). The van der Waals surface area contributed by atoms with Crippen molar-refractivity contribution in [1.29, 1.82) is 0 Å². The molecule has 5 heteroatoms. The maximum absolute atomic E-state index is 12.4. The highest BCUT2D eigenvalue weighted by Gasteiger charge is 2.20. The molecule has 0 aliphatic heterocycles. The van der Waals surface area contributed by atoms with Crippen molar-refractivity contribution in [2.75, 3.05) is 0 Å². The molecule has 146 valence electrons. The number of benzene rings is 1. The lowest BCUT2D eigenvalue weighted by Crippen LogP contribution is -2.32. The zero-order valence-electron chi connectivity index (χ0n) is 17.0. The molecule has 0 unspecified atom stereocenters. The summed E-state index contributed by atoms with van der Waals surface area (Å²) in [6, 6.07) is 10.5. The molecule has 1 aliphatic rings. The van der Waals surface area contributed by atoms with Gasteiger partial charge in [-0.2, -0.15) is 5.10 Å². The third-order valence-electron chi connectivity index (χ3n) is 5.90. The van der Waals surface area contributed by atoms with Crippen molar-refractivity contribution < 1.29 is 4.79 Å². The van der Waals surface area contributed by atoms with Crippen LogP contribution in [0, 0.1) is 20.8 Å². The van der Waals surface area contributed by atoms with E-state index >= 15 is 0 Å². The number of pyridine rings is 1. The number of nitrogens with zero attached hydrogens (tertiary/aromatic N) is 3. The van der Waals surface area contributed by atoms with Gasteiger partial charge >= 0.3 is 0 Å². The van der Waals surface area contributed by atoms with E-state index in [2.05, 4.69) is 12.2 Å². The van der Waals surface area contributed by atoms with E-state index in [4.69, 9.17) is 10.1 Å². The largest absolute Gasteiger partial charge is 0.353 e. The molecular formula is C23H28N4O. The molecule has 0 radical (unpaired) electrons. The molecule has 2 aromatic heterocycles. The molecule has 1 aliphatic carbocycles. The minimum atomic E-state index is 0.155. The van der Waals surface area contributed by atoms with Crippen LogP contribution in [0.1, 0.15) is 54.6 Å². The molecule has 5 nitrogen and oxygen atoms in total. The van der Waals surface area contributed by atoms with Crippen molar-refractivity contribution in [2.24, 2.45) is 0 Å². The molecule has 2 heterocycles. The number of nitrogens with one attached hydrogen (secondary N) is 1. The van der Waals surface area contributed by atoms with E-state index in [1.54, 1.807) is 0 Å². The van der Waals surface area contributed by atoms with Crippen molar-refractivity contribution in [3.63, 3.8) is 0 Å². The SMILES string of the molecule is Cc1nc2c(c(C)nn2-c2ccccc2)c(C)c1CCC(=O)NC1CCCC1. The van der Waals surface area contributed by atoms with E-state index < -0.39 is 0 Å². The Bertz CT molecular complexity index is 1000. The summed E-state index contributed by atoms with van der Waals surface area (Å²) in [4.78, 5) is 17.3. The Morgan fingerprint density at radius 1 is 1.11 bits per heavy atom. The summed E-state index contributed by atoms with van der Waals surface area (Å²) in [5, 5.41) is 9.03. The molecule has 4 rings (SSSR count). The number of hydrogen-bond donors (Lipinski definition) is 1. The van der Waals surface area contributed by atoms with Crippen LogP contribution >= 0.6 is 0 Å². The molecule has 0 atom stereocenters. The van der Waals surface area contributed by atoms with E-state index in [1.165, 1.54) is 24.0 Å². The van der Waals surface area contributed by atoms with Crippen molar-refractivity contribution in [2.45, 2.75) is 65.3 Å². The number of rotatable bonds is 5. The number of aryl methyl sites for hydroxylation is 3. The van der Waals surface area contributed by atoms with Crippen LogP contribution < -0.4 is 5.32 Å². The number of fused-ring (bicyclic) bond motifs is 1. The van der Waals surface area contributed by atoms with Crippen LogP contribution in [-0.4, -0.2) is 26.7 Å². The van der Waals surface area contributed by atoms with Gasteiger partial charge in [-0.05, 0) is 63.3 Å². The minimum absolute atomic E-state index is 0.155. The Kier molecular flexibility index (Phi) is 5.16. The van der Waals surface area contributed by atoms with Crippen molar-refractivity contribution in [3.05, 3.63) is 52.8 Å². The molecule has 0 bridgehead atoms. The molecule has 3 aromatic rings. The maximum Gasteiger partial charge on any atom is 0.220 e. The van der Waals surface area contributed by atoms with E-state index in [0.29, 0.717) is 12.5 Å². The fraction of sp³-hybridized carbons (Fsp3) is 0.435. The quantitative estimate of drug-likeness (QED) is 0.721. The lowest BCUT2D eigenvalue weighted by Gasteiger charge is -2.14. The predicted molar refractivity (Wildman–Crippen MR) is 112 cm³/mol. The Balaban J connectivity index is 1.61. The average molecular weight is 377 g/mol. The van der Waals surface area contributed by atoms with Gasteiger partial charge in [0.05, 0.1) is 11.4 Å². The highest BCUT2D eigenvalue weighted by atomic mass is 16.1. The summed E-state index contributed by atoms with van der Waals surface area (Å²) in [6.45, 7) is 6.20. The normalized spacial score (nSPS) is 14.7. The van der Waals surface area contributed by atoms with Crippen molar-refractivity contribution in [1.82, 2.24) is 20.1 Å². The van der Waals surface area contributed by atoms with Crippen molar-refractivity contribution >= 4 is 16.9 Å². The van der Waals surface area contributed by atoms with Crippen LogP contribution in [0.5, 0.6) is 0 Å². The number of amides is 1. The van der Waals surface area contributed by atoms with Gasteiger partial charge in [-0.15, -0.1) is 0 Å². The average Bonchev–Trinajstić information content (AvgIpc) is 3.30. The first-order valence-corrected chi connectivity index (χ1v) is 10.2. The van der Waals surface area contributed by atoms with Gasteiger partial charge < -0.3 is 5.32 Å². The van der Waals surface area contributed by atoms with Crippen LogP contribution in [0.4, 0.5) is 0 Å². The highest BCUT2D eigenvalue weighted by molar-refractivity contribution is 5.85. The zero-order chi connectivity index (χ0) is 19.7. The molecule has 1 saturated carbocycles. The first-order chi connectivity index (χ1) is 13.5. The van der Waals surface area contributed by atoms with Gasteiger partial charge in [-0.3, -0.25) is 4.79 Å². The van der Waals surface area contributed by atoms with E-state index in [9.17, 15) is 4.79 Å². The Morgan fingerprint density at radius 3 is 2.54 bits per heavy atom. The predicted octanol–water partition coefficient (Wildman–Crippen LogP) is 4.34. The Labute approximate surface area is 166 Å². The summed E-state index contributed by atoms with van der Waals surface area (Å²) in [7, 11) is 0. The maximum atomic E-state index is 12.4. The Morgan fingerprint density at radius 2 is 1.82 bits per heavy atom. The van der Waals surface area contributed by atoms with Gasteiger partial charge in [-0.25, -0.2) is 9.67 Å². The van der Waals surface area contributed by atoms with Gasteiger partial charge in [-0.1, -0.05) is 31.0 Å². The topological polar surface area (TPSA) is 59.8 Å². The number of aromatic nitrogens is 3. The van der Waals surface area contributed by atoms with Crippen LogP contribution in [-0.2, 0) is 11.2 Å². The summed E-state index contributed by atoms with van der Waals surface area (Å²) in [6.07, 6.45) is 5.93. The summed E-state index contributed by atoms with van der Waals surface area (Å²) < 4.78 is 1.92. The zero-order valence-corrected chi connectivity index (χ0v) is 17.0. The van der Waals surface area contributed by atoms with Crippen LogP contribution in [0.25, 0.3) is 16.7 Å².